The Morgan fingerprint density at radius 2 is 1.72 bits per heavy atom. The van der Waals surface area contributed by atoms with Crippen molar-refractivity contribution in [2.45, 2.75) is 81.8 Å². The second-order valence-electron chi connectivity index (χ2n) is 13.1. The maximum Gasteiger partial charge on any atom is 0.209 e. The highest BCUT2D eigenvalue weighted by molar-refractivity contribution is 14.1. The molecule has 4 nitrogen and oxygen atoms in total. The van der Waals surface area contributed by atoms with Gasteiger partial charge in [0.25, 0.3) is 0 Å². The van der Waals surface area contributed by atoms with Gasteiger partial charge in [-0.2, -0.15) is 4.58 Å². The van der Waals surface area contributed by atoms with E-state index in [0.29, 0.717) is 0 Å². The molecule has 1 aromatic heterocycles. The number of rotatable bonds is 10. The zero-order valence-corrected chi connectivity index (χ0v) is 33.3. The number of allylic oxidation sites excluding steroid dienone is 7. The summed E-state index contributed by atoms with van der Waals surface area (Å²) in [6.07, 6.45) is 13.7. The Morgan fingerprint density at radius 1 is 0.979 bits per heavy atom. The number of alkyl halides is 1. The standard InChI is InChI=1S/C38H42Cl2IN4S2/c1-7-19-44-31-15-13-27(39)21-29(31)37(4,5)33(44)17-11-25-9-10-26(36(25)46-23-35-43-42-24(3)47-35)12-18-34-38(6,41)30-22-28(40)14-16-32(30)45(34)20-8-2/h11-18,21-22H,7-10,19-20,23H2,1-6H3/q+1. The summed E-state index contributed by atoms with van der Waals surface area (Å²) in [5.41, 5.74) is 10.4. The summed E-state index contributed by atoms with van der Waals surface area (Å²) < 4.78 is 2.32. The van der Waals surface area contributed by atoms with E-state index in [1.165, 1.54) is 50.0 Å². The van der Waals surface area contributed by atoms with E-state index in [0.717, 1.165) is 64.6 Å². The molecule has 1 aliphatic carbocycles. The first-order valence-corrected chi connectivity index (χ1v) is 20.1. The fourth-order valence-corrected chi connectivity index (χ4v) is 10.3. The molecule has 3 aromatic rings. The van der Waals surface area contributed by atoms with E-state index in [1.807, 2.05) is 30.8 Å². The molecule has 1 atom stereocenters. The Morgan fingerprint density at radius 3 is 2.43 bits per heavy atom. The maximum atomic E-state index is 6.49. The molecule has 0 spiro atoms. The van der Waals surface area contributed by atoms with Crippen LogP contribution in [0.2, 0.25) is 10.0 Å². The fraction of sp³-hybridized carbons (Fsp3) is 0.395. The Balaban J connectivity index is 1.40. The van der Waals surface area contributed by atoms with Crippen LogP contribution in [0.5, 0.6) is 0 Å². The van der Waals surface area contributed by atoms with Crippen molar-refractivity contribution in [1.29, 1.82) is 0 Å². The molecule has 0 bridgehead atoms. The third-order valence-corrected chi connectivity index (χ3v) is 13.2. The average molecular weight is 817 g/mol. The first kappa shape index (κ1) is 34.9. The van der Waals surface area contributed by atoms with Crippen molar-refractivity contribution in [3.63, 3.8) is 0 Å². The van der Waals surface area contributed by atoms with Gasteiger partial charge in [-0.05, 0) is 100 Å². The quantitative estimate of drug-likeness (QED) is 0.116. The zero-order valence-electron chi connectivity index (χ0n) is 28.0. The topological polar surface area (TPSA) is 32.0 Å². The zero-order chi connectivity index (χ0) is 33.5. The number of aryl methyl sites for hydroxylation is 1. The summed E-state index contributed by atoms with van der Waals surface area (Å²) in [4.78, 5) is 3.84. The van der Waals surface area contributed by atoms with Crippen LogP contribution >= 0.6 is 68.9 Å². The molecule has 0 amide bonds. The summed E-state index contributed by atoms with van der Waals surface area (Å²) in [7, 11) is 0. The number of nitrogens with zero attached hydrogens (tertiary/aromatic N) is 4. The van der Waals surface area contributed by atoms with Gasteiger partial charge in [0, 0.05) is 57.0 Å². The minimum Gasteiger partial charge on any atom is -0.343 e. The van der Waals surface area contributed by atoms with Gasteiger partial charge in [-0.1, -0.05) is 71.8 Å². The van der Waals surface area contributed by atoms with Crippen molar-refractivity contribution >= 4 is 86.0 Å². The van der Waals surface area contributed by atoms with E-state index in [1.54, 1.807) is 11.3 Å². The molecule has 0 radical (unpaired) electrons. The SMILES string of the molecule is CCCN1/C(=C/C=C2\CCC(/C=C/C3=[N+](CCC)c4ccc(Cl)cc4C3(C)C)=C2SCc2nnc(C)s2)C(C)(I)c2cc(Cl)ccc21. The monoisotopic (exact) mass is 815 g/mol. The molecule has 6 rings (SSSR count). The van der Waals surface area contributed by atoms with E-state index < -0.39 is 0 Å². The van der Waals surface area contributed by atoms with Crippen molar-refractivity contribution in [3.8, 4) is 0 Å². The summed E-state index contributed by atoms with van der Waals surface area (Å²) in [5, 5.41) is 12.4. The van der Waals surface area contributed by atoms with Gasteiger partial charge in [-0.3, -0.25) is 0 Å². The maximum absolute atomic E-state index is 6.49. The molecule has 246 valence electrons. The number of hydrogen-bond donors (Lipinski definition) is 0. The Labute approximate surface area is 311 Å². The third-order valence-electron chi connectivity index (χ3n) is 9.31. The van der Waals surface area contributed by atoms with Gasteiger partial charge in [0.2, 0.25) is 5.69 Å². The number of aromatic nitrogens is 2. The molecule has 0 fully saturated rings. The van der Waals surface area contributed by atoms with Crippen LogP contribution in [-0.2, 0) is 14.6 Å². The molecule has 47 heavy (non-hydrogen) atoms. The molecular formula is C38H42Cl2IN4S2+. The summed E-state index contributed by atoms with van der Waals surface area (Å²) in [6, 6.07) is 12.7. The Kier molecular flexibility index (Phi) is 10.5. The van der Waals surface area contributed by atoms with Gasteiger partial charge in [0.15, 0.2) is 5.71 Å². The molecular weight excluding hydrogens is 774 g/mol. The number of hydrogen-bond acceptors (Lipinski definition) is 5. The van der Waals surface area contributed by atoms with Crippen LogP contribution in [0.1, 0.15) is 81.4 Å². The molecule has 3 heterocycles. The van der Waals surface area contributed by atoms with Gasteiger partial charge in [0.1, 0.15) is 16.6 Å². The third kappa shape index (κ3) is 6.81. The van der Waals surface area contributed by atoms with E-state index >= 15 is 0 Å². The lowest BCUT2D eigenvalue weighted by atomic mass is 9.81. The van der Waals surface area contributed by atoms with Gasteiger partial charge in [-0.25, -0.2) is 0 Å². The van der Waals surface area contributed by atoms with E-state index in [9.17, 15) is 0 Å². The predicted molar refractivity (Wildman–Crippen MR) is 213 cm³/mol. The fourth-order valence-electron chi connectivity index (χ4n) is 7.06. The summed E-state index contributed by atoms with van der Waals surface area (Å²) in [6.45, 7) is 15.4. The number of thioether (sulfide) groups is 1. The van der Waals surface area contributed by atoms with Crippen LogP contribution in [-0.4, -0.2) is 33.6 Å². The van der Waals surface area contributed by atoms with Crippen LogP contribution in [0.15, 0.2) is 82.5 Å². The molecule has 9 heteroatoms. The lowest BCUT2D eigenvalue weighted by Crippen LogP contribution is -2.27. The summed E-state index contributed by atoms with van der Waals surface area (Å²) in [5.74, 6) is 0.815. The van der Waals surface area contributed by atoms with Crippen LogP contribution in [0.25, 0.3) is 0 Å². The highest BCUT2D eigenvalue weighted by Gasteiger charge is 2.44. The number of anilines is 1. The molecule has 2 aromatic carbocycles. The molecule has 2 aliphatic heterocycles. The molecule has 0 saturated heterocycles. The minimum absolute atomic E-state index is 0.139. The van der Waals surface area contributed by atoms with Gasteiger partial charge in [0.05, 0.1) is 14.6 Å². The lowest BCUT2D eigenvalue weighted by molar-refractivity contribution is -0.437. The average Bonchev–Trinajstić information content (AvgIpc) is 3.72. The van der Waals surface area contributed by atoms with Crippen LogP contribution in [0, 0.1) is 6.92 Å². The first-order valence-electron chi connectivity index (χ1n) is 16.4. The van der Waals surface area contributed by atoms with E-state index in [2.05, 4.69) is 125 Å². The van der Waals surface area contributed by atoms with Crippen LogP contribution < -0.4 is 4.90 Å². The van der Waals surface area contributed by atoms with Crippen LogP contribution in [0.4, 0.5) is 11.4 Å². The smallest absolute Gasteiger partial charge is 0.209 e. The van der Waals surface area contributed by atoms with Crippen molar-refractivity contribution < 1.29 is 4.58 Å². The van der Waals surface area contributed by atoms with Crippen molar-refractivity contribution in [2.75, 3.05) is 18.0 Å². The Hall–Kier alpha value is -1.91. The van der Waals surface area contributed by atoms with Crippen LogP contribution in [0.3, 0.4) is 0 Å². The number of halogens is 3. The van der Waals surface area contributed by atoms with Crippen molar-refractivity contribution in [2.24, 2.45) is 0 Å². The molecule has 3 aliphatic rings. The van der Waals surface area contributed by atoms with Crippen molar-refractivity contribution in [1.82, 2.24) is 10.2 Å². The number of benzene rings is 2. The highest BCUT2D eigenvalue weighted by Crippen LogP contribution is 2.53. The largest absolute Gasteiger partial charge is 0.343 e. The second-order valence-corrected chi connectivity index (χ2v) is 18.4. The molecule has 1 unspecified atom stereocenters. The molecule has 0 N–H and O–H groups in total. The predicted octanol–water partition coefficient (Wildman–Crippen LogP) is 11.9. The van der Waals surface area contributed by atoms with E-state index in [4.69, 9.17) is 23.2 Å². The van der Waals surface area contributed by atoms with Crippen molar-refractivity contribution in [3.05, 3.63) is 114 Å². The van der Waals surface area contributed by atoms with Gasteiger partial charge in [-0.15, -0.1) is 33.3 Å². The highest BCUT2D eigenvalue weighted by atomic mass is 127. The minimum atomic E-state index is -0.169. The van der Waals surface area contributed by atoms with E-state index in [-0.39, 0.29) is 8.84 Å². The van der Waals surface area contributed by atoms with Gasteiger partial charge < -0.3 is 4.90 Å². The van der Waals surface area contributed by atoms with Gasteiger partial charge >= 0.3 is 0 Å². The molecule has 0 saturated carbocycles. The normalized spacial score (nSPS) is 22.1. The lowest BCUT2D eigenvalue weighted by Gasteiger charge is -2.25. The summed E-state index contributed by atoms with van der Waals surface area (Å²) >= 11 is 19.2. The number of fused-ring (bicyclic) bond motifs is 2. The Bertz CT molecular complexity index is 1860. The first-order chi connectivity index (χ1) is 22.4. The second kappa shape index (κ2) is 14.1.